The first-order chi connectivity index (χ1) is 11.5. The predicted molar refractivity (Wildman–Crippen MR) is 90.2 cm³/mol. The van der Waals surface area contributed by atoms with Crippen LogP contribution in [0, 0.1) is 0 Å². The number of hydrogen-bond acceptors (Lipinski definition) is 6. The summed E-state index contributed by atoms with van der Waals surface area (Å²) < 4.78 is 5.36. The first-order valence-corrected chi connectivity index (χ1v) is 7.96. The van der Waals surface area contributed by atoms with Gasteiger partial charge in [0, 0.05) is 0 Å². The molecule has 4 N–H and O–H groups in total. The maximum Gasteiger partial charge on any atom is 0.267 e. The number of benzene rings is 1. The number of imide groups is 1. The van der Waals surface area contributed by atoms with Crippen molar-refractivity contribution in [1.82, 2.24) is 4.90 Å². The van der Waals surface area contributed by atoms with Gasteiger partial charge in [-0.2, -0.15) is 0 Å². The summed E-state index contributed by atoms with van der Waals surface area (Å²) in [4.78, 5) is 36.7. The van der Waals surface area contributed by atoms with E-state index in [1.165, 1.54) is 6.92 Å². The van der Waals surface area contributed by atoms with Crippen molar-refractivity contribution >= 4 is 18.1 Å². The van der Waals surface area contributed by atoms with Crippen LogP contribution in [0.2, 0.25) is 0 Å². The van der Waals surface area contributed by atoms with Crippen LogP contribution in [0.25, 0.3) is 0 Å². The van der Waals surface area contributed by atoms with Crippen molar-refractivity contribution in [2.24, 2.45) is 11.5 Å². The van der Waals surface area contributed by atoms with Gasteiger partial charge in [-0.3, -0.25) is 14.5 Å². The van der Waals surface area contributed by atoms with Gasteiger partial charge in [-0.15, -0.1) is 0 Å². The molecule has 132 valence electrons. The zero-order chi connectivity index (χ0) is 17.9. The smallest absolute Gasteiger partial charge is 0.267 e. The number of rotatable bonds is 10. The second-order valence-corrected chi connectivity index (χ2v) is 5.47. The molecule has 2 atom stereocenters. The van der Waals surface area contributed by atoms with E-state index in [9.17, 15) is 14.4 Å². The fourth-order valence-corrected chi connectivity index (χ4v) is 2.15. The maximum atomic E-state index is 12.4. The number of carbonyl (C=O) groups is 3. The van der Waals surface area contributed by atoms with E-state index in [1.807, 2.05) is 6.07 Å². The normalized spacial score (nSPS) is 13.0. The second kappa shape index (κ2) is 10.5. The number of ether oxygens (including phenoxy) is 1. The van der Waals surface area contributed by atoms with Crippen molar-refractivity contribution in [3.05, 3.63) is 30.3 Å². The number of nitrogens with two attached hydrogens (primary N) is 2. The van der Waals surface area contributed by atoms with E-state index in [-0.39, 0.29) is 6.61 Å². The van der Waals surface area contributed by atoms with E-state index in [1.54, 1.807) is 24.3 Å². The summed E-state index contributed by atoms with van der Waals surface area (Å²) in [5, 5.41) is 0. The lowest BCUT2D eigenvalue weighted by Crippen LogP contribution is -2.52. The highest BCUT2D eigenvalue weighted by molar-refractivity contribution is 6.00. The number of amides is 2. The van der Waals surface area contributed by atoms with Gasteiger partial charge < -0.3 is 21.0 Å². The summed E-state index contributed by atoms with van der Waals surface area (Å²) >= 11 is 0. The molecule has 0 unspecified atom stereocenters. The summed E-state index contributed by atoms with van der Waals surface area (Å²) in [6, 6.07) is 7.00. The lowest BCUT2D eigenvalue weighted by Gasteiger charge is -2.26. The van der Waals surface area contributed by atoms with Crippen LogP contribution in [0.5, 0.6) is 5.75 Å². The monoisotopic (exact) mass is 335 g/mol. The van der Waals surface area contributed by atoms with Crippen LogP contribution in [0.4, 0.5) is 0 Å². The lowest BCUT2D eigenvalue weighted by molar-refractivity contribution is -0.151. The van der Waals surface area contributed by atoms with Crippen LogP contribution in [0.15, 0.2) is 30.3 Å². The van der Waals surface area contributed by atoms with Gasteiger partial charge in [-0.1, -0.05) is 24.6 Å². The van der Waals surface area contributed by atoms with E-state index in [0.717, 1.165) is 11.3 Å². The Hall–Kier alpha value is -2.25. The van der Waals surface area contributed by atoms with E-state index in [4.69, 9.17) is 16.2 Å². The molecule has 0 saturated heterocycles. The Morgan fingerprint density at radius 3 is 2.50 bits per heavy atom. The third-order valence-corrected chi connectivity index (χ3v) is 3.50. The highest BCUT2D eigenvalue weighted by Gasteiger charge is 2.30. The number of carbonyl (C=O) groups excluding carboxylic acids is 3. The highest BCUT2D eigenvalue weighted by atomic mass is 16.5. The van der Waals surface area contributed by atoms with Gasteiger partial charge >= 0.3 is 0 Å². The molecule has 0 heterocycles. The molecular weight excluding hydrogens is 310 g/mol. The SMILES string of the molecule is C[C@@H](C=O)N(C(=O)COc1ccccc1)C(=O)[C@@H](N)CCCCN. The molecule has 0 aromatic heterocycles. The molecule has 0 aliphatic carbocycles. The second-order valence-electron chi connectivity index (χ2n) is 5.47. The molecule has 0 aliphatic rings. The van der Waals surface area contributed by atoms with Crippen molar-refractivity contribution < 1.29 is 19.1 Å². The molecule has 0 aliphatic heterocycles. The van der Waals surface area contributed by atoms with Gasteiger partial charge in [0.05, 0.1) is 12.1 Å². The van der Waals surface area contributed by atoms with Gasteiger partial charge in [0.1, 0.15) is 12.0 Å². The van der Waals surface area contributed by atoms with Gasteiger partial charge in [-0.05, 0) is 38.4 Å². The van der Waals surface area contributed by atoms with Crippen LogP contribution < -0.4 is 16.2 Å². The van der Waals surface area contributed by atoms with E-state index in [0.29, 0.717) is 31.4 Å². The maximum absolute atomic E-state index is 12.4. The Balaban J connectivity index is 2.70. The van der Waals surface area contributed by atoms with Crippen molar-refractivity contribution in [2.75, 3.05) is 13.2 Å². The molecule has 2 amide bonds. The molecule has 0 saturated carbocycles. The zero-order valence-electron chi connectivity index (χ0n) is 13.9. The number of para-hydroxylation sites is 1. The Labute approximate surface area is 141 Å². The number of unbranched alkanes of at least 4 members (excludes halogenated alkanes) is 1. The molecule has 0 fully saturated rings. The van der Waals surface area contributed by atoms with E-state index < -0.39 is 23.9 Å². The average Bonchev–Trinajstić information content (AvgIpc) is 2.60. The van der Waals surface area contributed by atoms with Gasteiger partial charge in [-0.25, -0.2) is 0 Å². The number of aldehydes is 1. The minimum absolute atomic E-state index is 0.344. The van der Waals surface area contributed by atoms with Crippen LogP contribution in [-0.2, 0) is 14.4 Å². The minimum atomic E-state index is -0.898. The lowest BCUT2D eigenvalue weighted by atomic mass is 10.1. The average molecular weight is 335 g/mol. The Bertz CT molecular complexity index is 536. The fourth-order valence-electron chi connectivity index (χ4n) is 2.15. The van der Waals surface area contributed by atoms with Crippen molar-refractivity contribution in [2.45, 2.75) is 38.3 Å². The van der Waals surface area contributed by atoms with Crippen molar-refractivity contribution in [3.8, 4) is 5.75 Å². The largest absolute Gasteiger partial charge is 0.484 e. The number of nitrogens with zero attached hydrogens (tertiary/aromatic N) is 1. The van der Waals surface area contributed by atoms with Crippen molar-refractivity contribution in [1.29, 1.82) is 0 Å². The molecule has 1 aromatic carbocycles. The zero-order valence-corrected chi connectivity index (χ0v) is 13.9. The molecule has 7 heteroatoms. The third kappa shape index (κ3) is 6.10. The molecule has 7 nitrogen and oxygen atoms in total. The third-order valence-electron chi connectivity index (χ3n) is 3.50. The summed E-state index contributed by atoms with van der Waals surface area (Å²) in [6.45, 7) is 1.64. The molecule has 1 rings (SSSR count). The molecule has 0 bridgehead atoms. The number of hydrogen-bond donors (Lipinski definition) is 2. The molecule has 1 aromatic rings. The minimum Gasteiger partial charge on any atom is -0.484 e. The Kier molecular flexibility index (Phi) is 8.67. The fraction of sp³-hybridized carbons (Fsp3) is 0.471. The summed E-state index contributed by atoms with van der Waals surface area (Å²) in [5.74, 6) is -0.671. The Morgan fingerprint density at radius 2 is 1.92 bits per heavy atom. The first-order valence-electron chi connectivity index (χ1n) is 7.96. The first kappa shape index (κ1) is 19.8. The molecule has 0 spiro atoms. The van der Waals surface area contributed by atoms with Crippen LogP contribution in [-0.4, -0.2) is 48.2 Å². The van der Waals surface area contributed by atoms with Gasteiger partial charge in [0.25, 0.3) is 5.91 Å². The van der Waals surface area contributed by atoms with Gasteiger partial charge in [0.15, 0.2) is 6.61 Å². The quantitative estimate of drug-likeness (QED) is 0.474. The standard InChI is InChI=1S/C17H25N3O4/c1-13(11-21)20(17(23)15(19)9-5-6-10-18)16(22)12-24-14-7-3-2-4-8-14/h2-4,7-8,11,13,15H,5-6,9-10,12,18-19H2,1H3/t13-,15-/m0/s1. The van der Waals surface area contributed by atoms with E-state index >= 15 is 0 Å². The highest BCUT2D eigenvalue weighted by Crippen LogP contribution is 2.10. The molecular formula is C17H25N3O4. The van der Waals surface area contributed by atoms with Crippen LogP contribution in [0.1, 0.15) is 26.2 Å². The predicted octanol–water partition coefficient (Wildman–Crippen LogP) is 0.464. The summed E-state index contributed by atoms with van der Waals surface area (Å²) in [7, 11) is 0. The van der Waals surface area contributed by atoms with Crippen LogP contribution >= 0.6 is 0 Å². The Morgan fingerprint density at radius 1 is 1.25 bits per heavy atom. The van der Waals surface area contributed by atoms with E-state index in [2.05, 4.69) is 0 Å². The molecule has 0 radical (unpaired) electrons. The summed E-state index contributed by atoms with van der Waals surface area (Å²) in [5.41, 5.74) is 11.3. The topological polar surface area (TPSA) is 116 Å². The van der Waals surface area contributed by atoms with Gasteiger partial charge in [0.2, 0.25) is 5.91 Å². The summed E-state index contributed by atoms with van der Waals surface area (Å²) in [6.07, 6.45) is 2.37. The molecule has 24 heavy (non-hydrogen) atoms. The van der Waals surface area contributed by atoms with Crippen LogP contribution in [0.3, 0.4) is 0 Å². The van der Waals surface area contributed by atoms with Crippen molar-refractivity contribution in [3.63, 3.8) is 0 Å².